The number of imidazole rings is 1. The van der Waals surface area contributed by atoms with Crippen LogP contribution in [-0.4, -0.2) is 20.3 Å². The van der Waals surface area contributed by atoms with Crippen molar-refractivity contribution < 1.29 is 31.1 Å². The number of fused-ring (bicyclic) bond motifs is 1. The molecule has 0 saturated heterocycles. The third kappa shape index (κ3) is 5.15. The van der Waals surface area contributed by atoms with Gasteiger partial charge in [-0.2, -0.15) is 26.3 Å². The van der Waals surface area contributed by atoms with Gasteiger partial charge >= 0.3 is 12.4 Å². The highest BCUT2D eigenvalue weighted by atomic mass is 19.4. The van der Waals surface area contributed by atoms with Crippen molar-refractivity contribution >= 4 is 17.4 Å². The second-order valence-corrected chi connectivity index (χ2v) is 8.17. The van der Waals surface area contributed by atoms with E-state index in [0.29, 0.717) is 12.3 Å². The number of carbonyl (C=O) groups excluding carboxylic acids is 1. The monoisotopic (exact) mass is 444 g/mol. The first-order valence-corrected chi connectivity index (χ1v) is 9.08. The van der Waals surface area contributed by atoms with Crippen LogP contribution < -0.4 is 5.32 Å². The molecule has 0 unspecified atom stereocenters. The normalized spacial score (nSPS) is 12.9. The number of hydrogen-bond acceptors (Lipinski definition) is 3. The van der Waals surface area contributed by atoms with Gasteiger partial charge in [-0.3, -0.25) is 14.2 Å². The van der Waals surface area contributed by atoms with E-state index in [1.54, 1.807) is 20.8 Å². The van der Waals surface area contributed by atoms with Crippen LogP contribution in [-0.2, 0) is 17.1 Å². The summed E-state index contributed by atoms with van der Waals surface area (Å²) in [5.74, 6) is -0.666. The lowest BCUT2D eigenvalue weighted by Crippen LogP contribution is -2.20. The fourth-order valence-corrected chi connectivity index (χ4v) is 2.94. The molecule has 0 radical (unpaired) electrons. The Hall–Kier alpha value is -3.11. The molecule has 0 aliphatic carbocycles. The third-order valence-electron chi connectivity index (χ3n) is 4.22. The van der Waals surface area contributed by atoms with E-state index in [2.05, 4.69) is 15.3 Å². The van der Waals surface area contributed by atoms with Gasteiger partial charge in [0.25, 0.3) is 0 Å². The Morgan fingerprint density at radius 3 is 2.23 bits per heavy atom. The Labute approximate surface area is 173 Å². The number of rotatable bonds is 3. The zero-order valence-electron chi connectivity index (χ0n) is 16.7. The van der Waals surface area contributed by atoms with Crippen molar-refractivity contribution in [1.82, 2.24) is 14.4 Å². The lowest BCUT2D eigenvalue weighted by molar-refractivity contribution is -0.138. The number of anilines is 1. The molecule has 1 amide bonds. The molecule has 3 heterocycles. The standard InChI is InChI=1S/C20H18F6N4O/c1-18(2,3)9-15(31)29-17-16(13-8-11(6-7-27-13)19(21,22)23)30-10-12(20(24,25)26)4-5-14(30)28-17/h4-8,10H,9H2,1-3H3,(H,29,31). The average Bonchev–Trinajstić information content (AvgIpc) is 2.95. The van der Waals surface area contributed by atoms with E-state index in [4.69, 9.17) is 0 Å². The topological polar surface area (TPSA) is 59.3 Å². The maximum atomic E-state index is 13.2. The fourth-order valence-electron chi connectivity index (χ4n) is 2.94. The van der Waals surface area contributed by atoms with Gasteiger partial charge in [0.05, 0.1) is 16.8 Å². The van der Waals surface area contributed by atoms with Gasteiger partial charge in [0.2, 0.25) is 5.91 Å². The number of nitrogens with one attached hydrogen (secondary N) is 1. The molecule has 1 N–H and O–H groups in total. The maximum Gasteiger partial charge on any atom is 0.417 e. The Kier molecular flexibility index (Phi) is 5.49. The minimum absolute atomic E-state index is 0.00766. The van der Waals surface area contributed by atoms with Crippen LogP contribution >= 0.6 is 0 Å². The first-order valence-electron chi connectivity index (χ1n) is 9.08. The summed E-state index contributed by atoms with van der Waals surface area (Å²) in [5.41, 5.74) is -2.93. The number of amides is 1. The van der Waals surface area contributed by atoms with Gasteiger partial charge in [0.15, 0.2) is 5.82 Å². The average molecular weight is 444 g/mol. The van der Waals surface area contributed by atoms with Crippen LogP contribution in [0.4, 0.5) is 32.2 Å². The van der Waals surface area contributed by atoms with Gasteiger partial charge in [0.1, 0.15) is 11.3 Å². The molecule has 0 saturated carbocycles. The molecule has 0 spiro atoms. The molecule has 0 fully saturated rings. The van der Waals surface area contributed by atoms with Crippen molar-refractivity contribution in [3.8, 4) is 11.4 Å². The summed E-state index contributed by atoms with van der Waals surface area (Å²) in [6.45, 7) is 5.42. The van der Waals surface area contributed by atoms with Gasteiger partial charge in [-0.25, -0.2) is 4.98 Å². The van der Waals surface area contributed by atoms with Crippen LogP contribution in [0.15, 0.2) is 36.7 Å². The molecule has 3 aromatic rings. The van der Waals surface area contributed by atoms with E-state index in [1.165, 1.54) is 0 Å². The Morgan fingerprint density at radius 1 is 1.00 bits per heavy atom. The largest absolute Gasteiger partial charge is 0.417 e. The van der Waals surface area contributed by atoms with Crippen molar-refractivity contribution in [2.24, 2.45) is 5.41 Å². The lowest BCUT2D eigenvalue weighted by atomic mass is 9.92. The summed E-state index contributed by atoms with van der Waals surface area (Å²) in [5, 5.41) is 2.50. The summed E-state index contributed by atoms with van der Waals surface area (Å²) < 4.78 is 80.1. The Morgan fingerprint density at radius 2 is 1.65 bits per heavy atom. The Balaban J connectivity index is 2.21. The maximum absolute atomic E-state index is 13.2. The molecule has 0 aliphatic heterocycles. The molecule has 3 aromatic heterocycles. The smallest absolute Gasteiger partial charge is 0.309 e. The van der Waals surface area contributed by atoms with Crippen LogP contribution in [0.25, 0.3) is 17.0 Å². The summed E-state index contributed by atoms with van der Waals surface area (Å²) in [6, 6.07) is 3.31. The highest BCUT2D eigenvalue weighted by molar-refractivity contribution is 5.94. The molecule has 0 atom stereocenters. The molecular formula is C20H18F6N4O. The summed E-state index contributed by atoms with van der Waals surface area (Å²) in [4.78, 5) is 20.4. The van der Waals surface area contributed by atoms with Crippen LogP contribution in [0.2, 0.25) is 0 Å². The lowest BCUT2D eigenvalue weighted by Gasteiger charge is -2.17. The number of carbonyl (C=O) groups is 1. The minimum Gasteiger partial charge on any atom is -0.309 e. The van der Waals surface area contributed by atoms with Crippen LogP contribution in [0, 0.1) is 5.41 Å². The van der Waals surface area contributed by atoms with E-state index >= 15 is 0 Å². The second kappa shape index (κ2) is 7.54. The molecule has 166 valence electrons. The van der Waals surface area contributed by atoms with Gasteiger partial charge < -0.3 is 5.32 Å². The van der Waals surface area contributed by atoms with Crippen molar-refractivity contribution in [2.45, 2.75) is 39.5 Å². The first-order chi connectivity index (χ1) is 14.1. The molecule has 0 bridgehead atoms. The van der Waals surface area contributed by atoms with Crippen LogP contribution in [0.1, 0.15) is 38.3 Å². The number of nitrogens with zero attached hydrogens (tertiary/aromatic N) is 3. The molecule has 31 heavy (non-hydrogen) atoms. The second-order valence-electron chi connectivity index (χ2n) is 8.17. The summed E-state index contributed by atoms with van der Waals surface area (Å²) in [6.07, 6.45) is -7.72. The number of alkyl halides is 6. The number of pyridine rings is 2. The number of halogens is 6. The Bertz CT molecular complexity index is 1130. The van der Waals surface area contributed by atoms with Crippen molar-refractivity contribution in [3.05, 3.63) is 47.8 Å². The molecule has 11 heteroatoms. The molecular weight excluding hydrogens is 426 g/mol. The van der Waals surface area contributed by atoms with E-state index in [0.717, 1.165) is 28.8 Å². The molecule has 0 aromatic carbocycles. The van der Waals surface area contributed by atoms with Crippen molar-refractivity contribution in [3.63, 3.8) is 0 Å². The van der Waals surface area contributed by atoms with E-state index in [9.17, 15) is 31.1 Å². The van der Waals surface area contributed by atoms with Gasteiger partial charge in [-0.05, 0) is 29.7 Å². The van der Waals surface area contributed by atoms with E-state index in [1.807, 2.05) is 0 Å². The van der Waals surface area contributed by atoms with Gasteiger partial charge in [-0.15, -0.1) is 0 Å². The predicted molar refractivity (Wildman–Crippen MR) is 101 cm³/mol. The van der Waals surface area contributed by atoms with Crippen LogP contribution in [0.5, 0.6) is 0 Å². The highest BCUT2D eigenvalue weighted by Gasteiger charge is 2.33. The summed E-state index contributed by atoms with van der Waals surface area (Å²) >= 11 is 0. The molecule has 3 rings (SSSR count). The first kappa shape index (κ1) is 22.6. The highest BCUT2D eigenvalue weighted by Crippen LogP contribution is 2.36. The molecule has 5 nitrogen and oxygen atoms in total. The van der Waals surface area contributed by atoms with Crippen molar-refractivity contribution in [1.29, 1.82) is 0 Å². The van der Waals surface area contributed by atoms with E-state index < -0.39 is 34.8 Å². The number of hydrogen-bond donors (Lipinski definition) is 1. The number of aromatic nitrogens is 3. The summed E-state index contributed by atoms with van der Waals surface area (Å²) in [7, 11) is 0. The SMILES string of the molecule is CC(C)(C)CC(=O)Nc1nc2ccc(C(F)(F)F)cn2c1-c1cc(C(F)(F)F)ccn1. The fraction of sp³-hybridized carbons (Fsp3) is 0.350. The zero-order valence-corrected chi connectivity index (χ0v) is 16.7. The van der Waals surface area contributed by atoms with Gasteiger partial charge in [0, 0.05) is 18.8 Å². The van der Waals surface area contributed by atoms with Crippen molar-refractivity contribution in [2.75, 3.05) is 5.32 Å². The van der Waals surface area contributed by atoms with Crippen LogP contribution in [0.3, 0.4) is 0 Å². The zero-order chi connectivity index (χ0) is 23.2. The molecule has 0 aliphatic rings. The van der Waals surface area contributed by atoms with E-state index in [-0.39, 0.29) is 29.3 Å². The van der Waals surface area contributed by atoms with Gasteiger partial charge in [-0.1, -0.05) is 20.8 Å². The predicted octanol–water partition coefficient (Wildman–Crippen LogP) is 5.81. The quantitative estimate of drug-likeness (QED) is 0.519. The third-order valence-corrected chi connectivity index (χ3v) is 4.22. The minimum atomic E-state index is -4.69.